The number of nitrogens with one attached hydrogen (secondary N) is 2. The summed E-state index contributed by atoms with van der Waals surface area (Å²) in [5.41, 5.74) is 7.28. The van der Waals surface area contributed by atoms with Crippen LogP contribution in [0, 0.1) is 20.8 Å². The number of aromatic amines is 1. The normalized spacial score (nSPS) is 10.9. The standard InChI is InChI=1S/C14H18BrN3/c1-8-5-6-11(10(3)9(8)2)13-12(7-16-4)17-14(15)18-13/h5-6,16H,7H2,1-4H3,(H,17,18). The number of imidazole rings is 1. The highest BCUT2D eigenvalue weighted by Gasteiger charge is 2.14. The number of hydrogen-bond donors (Lipinski definition) is 2. The predicted molar refractivity (Wildman–Crippen MR) is 78.7 cm³/mol. The lowest BCUT2D eigenvalue weighted by molar-refractivity contribution is 0.797. The Morgan fingerprint density at radius 3 is 2.61 bits per heavy atom. The van der Waals surface area contributed by atoms with Crippen molar-refractivity contribution >= 4 is 15.9 Å². The molecule has 2 rings (SSSR count). The smallest absolute Gasteiger partial charge is 0.175 e. The van der Waals surface area contributed by atoms with Crippen molar-refractivity contribution in [2.45, 2.75) is 27.3 Å². The Labute approximate surface area is 116 Å². The fraction of sp³-hybridized carbons (Fsp3) is 0.357. The Kier molecular flexibility index (Phi) is 3.88. The van der Waals surface area contributed by atoms with Gasteiger partial charge in [-0.05, 0) is 60.4 Å². The highest BCUT2D eigenvalue weighted by atomic mass is 79.9. The van der Waals surface area contributed by atoms with E-state index in [1.807, 2.05) is 7.05 Å². The van der Waals surface area contributed by atoms with Crippen LogP contribution in [0.1, 0.15) is 22.4 Å². The van der Waals surface area contributed by atoms with Crippen LogP contribution in [-0.4, -0.2) is 17.0 Å². The molecule has 0 unspecified atom stereocenters. The number of nitrogens with zero attached hydrogens (tertiary/aromatic N) is 1. The summed E-state index contributed by atoms with van der Waals surface area (Å²) in [6.45, 7) is 7.23. The van der Waals surface area contributed by atoms with E-state index in [4.69, 9.17) is 0 Å². The minimum Gasteiger partial charge on any atom is -0.335 e. The van der Waals surface area contributed by atoms with Crippen molar-refractivity contribution in [3.63, 3.8) is 0 Å². The van der Waals surface area contributed by atoms with E-state index >= 15 is 0 Å². The fourth-order valence-corrected chi connectivity index (χ4v) is 2.53. The Hall–Kier alpha value is -1.13. The summed E-state index contributed by atoms with van der Waals surface area (Å²) in [5.74, 6) is 0. The van der Waals surface area contributed by atoms with E-state index in [1.54, 1.807) is 0 Å². The molecule has 0 saturated carbocycles. The minimum absolute atomic E-state index is 0.778. The Balaban J connectivity index is 2.58. The summed E-state index contributed by atoms with van der Waals surface area (Å²) in [6, 6.07) is 4.31. The SMILES string of the molecule is CNCc1[nH]c(Br)nc1-c1ccc(C)c(C)c1C. The van der Waals surface area contributed by atoms with Gasteiger partial charge in [0.05, 0.1) is 11.4 Å². The summed E-state index contributed by atoms with van der Waals surface area (Å²) < 4.78 is 0.778. The Morgan fingerprint density at radius 2 is 1.94 bits per heavy atom. The molecule has 1 heterocycles. The first kappa shape index (κ1) is 13.3. The van der Waals surface area contributed by atoms with Crippen LogP contribution >= 0.6 is 15.9 Å². The fourth-order valence-electron chi connectivity index (χ4n) is 2.12. The lowest BCUT2D eigenvalue weighted by Gasteiger charge is -2.11. The van der Waals surface area contributed by atoms with Gasteiger partial charge in [-0.25, -0.2) is 4.98 Å². The molecular weight excluding hydrogens is 290 g/mol. The largest absolute Gasteiger partial charge is 0.335 e. The molecular formula is C14H18BrN3. The van der Waals surface area contributed by atoms with Crippen LogP contribution in [0.4, 0.5) is 0 Å². The number of rotatable bonds is 3. The van der Waals surface area contributed by atoms with Crippen LogP contribution in [0.2, 0.25) is 0 Å². The maximum absolute atomic E-state index is 4.55. The van der Waals surface area contributed by atoms with Crippen LogP contribution < -0.4 is 5.32 Å². The molecule has 0 saturated heterocycles. The molecule has 0 aliphatic carbocycles. The van der Waals surface area contributed by atoms with Gasteiger partial charge in [0.25, 0.3) is 0 Å². The zero-order valence-electron chi connectivity index (χ0n) is 11.2. The molecule has 0 amide bonds. The summed E-state index contributed by atoms with van der Waals surface area (Å²) >= 11 is 3.41. The molecule has 3 nitrogen and oxygen atoms in total. The van der Waals surface area contributed by atoms with Gasteiger partial charge in [0, 0.05) is 12.1 Å². The third kappa shape index (κ3) is 2.35. The van der Waals surface area contributed by atoms with Crippen molar-refractivity contribution in [2.75, 3.05) is 7.05 Å². The molecule has 0 radical (unpaired) electrons. The van der Waals surface area contributed by atoms with E-state index in [0.29, 0.717) is 0 Å². The molecule has 0 atom stereocenters. The van der Waals surface area contributed by atoms with Gasteiger partial charge in [0.2, 0.25) is 0 Å². The number of benzene rings is 1. The van der Waals surface area contributed by atoms with Gasteiger partial charge in [-0.2, -0.15) is 0 Å². The first-order valence-corrected chi connectivity index (χ1v) is 6.80. The van der Waals surface area contributed by atoms with Crippen LogP contribution in [0.15, 0.2) is 16.9 Å². The van der Waals surface area contributed by atoms with Gasteiger partial charge >= 0.3 is 0 Å². The summed E-state index contributed by atoms with van der Waals surface area (Å²) in [4.78, 5) is 7.80. The van der Waals surface area contributed by atoms with Crippen LogP contribution in [0.5, 0.6) is 0 Å². The summed E-state index contributed by atoms with van der Waals surface area (Å²) in [6.07, 6.45) is 0. The van der Waals surface area contributed by atoms with Crippen molar-refractivity contribution in [3.8, 4) is 11.3 Å². The average Bonchev–Trinajstić information content (AvgIpc) is 2.68. The second-order valence-corrected chi connectivity index (χ2v) is 5.32. The van der Waals surface area contributed by atoms with Gasteiger partial charge in [-0.3, -0.25) is 0 Å². The van der Waals surface area contributed by atoms with E-state index in [2.05, 4.69) is 64.1 Å². The second kappa shape index (κ2) is 5.24. The van der Waals surface area contributed by atoms with Crippen molar-refractivity contribution in [2.24, 2.45) is 0 Å². The minimum atomic E-state index is 0.778. The number of aromatic nitrogens is 2. The van der Waals surface area contributed by atoms with Crippen LogP contribution in [-0.2, 0) is 6.54 Å². The van der Waals surface area contributed by atoms with Crippen LogP contribution in [0.3, 0.4) is 0 Å². The van der Waals surface area contributed by atoms with E-state index in [9.17, 15) is 0 Å². The summed E-state index contributed by atoms with van der Waals surface area (Å²) in [7, 11) is 1.94. The van der Waals surface area contributed by atoms with E-state index in [-0.39, 0.29) is 0 Å². The molecule has 0 fully saturated rings. The Bertz CT molecular complexity index is 573. The molecule has 1 aromatic carbocycles. The molecule has 0 aliphatic heterocycles. The maximum Gasteiger partial charge on any atom is 0.175 e. The summed E-state index contributed by atoms with van der Waals surface area (Å²) in [5, 5.41) is 3.16. The zero-order valence-corrected chi connectivity index (χ0v) is 12.8. The van der Waals surface area contributed by atoms with Gasteiger partial charge < -0.3 is 10.3 Å². The number of hydrogen-bond acceptors (Lipinski definition) is 2. The zero-order chi connectivity index (χ0) is 13.3. The van der Waals surface area contributed by atoms with Gasteiger partial charge in [-0.15, -0.1) is 0 Å². The molecule has 4 heteroatoms. The predicted octanol–water partition coefficient (Wildman–Crippen LogP) is 3.48. The molecule has 18 heavy (non-hydrogen) atoms. The van der Waals surface area contributed by atoms with Gasteiger partial charge in [0.1, 0.15) is 0 Å². The molecule has 0 spiro atoms. The number of H-pyrrole nitrogens is 1. The van der Waals surface area contributed by atoms with Crippen molar-refractivity contribution in [1.29, 1.82) is 0 Å². The van der Waals surface area contributed by atoms with Gasteiger partial charge in [-0.1, -0.05) is 12.1 Å². The number of halogens is 1. The highest BCUT2D eigenvalue weighted by Crippen LogP contribution is 2.29. The van der Waals surface area contributed by atoms with Crippen LogP contribution in [0.25, 0.3) is 11.3 Å². The third-order valence-corrected chi connectivity index (χ3v) is 3.79. The first-order valence-electron chi connectivity index (χ1n) is 6.00. The molecule has 0 bridgehead atoms. The maximum atomic E-state index is 4.55. The quantitative estimate of drug-likeness (QED) is 0.911. The third-order valence-electron chi connectivity index (χ3n) is 3.42. The van der Waals surface area contributed by atoms with E-state index in [0.717, 1.165) is 22.7 Å². The van der Waals surface area contributed by atoms with Crippen molar-refractivity contribution in [3.05, 3.63) is 39.3 Å². The van der Waals surface area contributed by atoms with E-state index in [1.165, 1.54) is 22.3 Å². The van der Waals surface area contributed by atoms with E-state index < -0.39 is 0 Å². The van der Waals surface area contributed by atoms with Crippen molar-refractivity contribution in [1.82, 2.24) is 15.3 Å². The van der Waals surface area contributed by atoms with Gasteiger partial charge in [0.15, 0.2) is 4.73 Å². The number of aryl methyl sites for hydroxylation is 1. The Morgan fingerprint density at radius 1 is 1.22 bits per heavy atom. The highest BCUT2D eigenvalue weighted by molar-refractivity contribution is 9.10. The average molecular weight is 308 g/mol. The second-order valence-electron chi connectivity index (χ2n) is 4.57. The molecule has 2 aromatic rings. The van der Waals surface area contributed by atoms with Crippen molar-refractivity contribution < 1.29 is 0 Å². The molecule has 1 aromatic heterocycles. The topological polar surface area (TPSA) is 40.7 Å². The lowest BCUT2D eigenvalue weighted by atomic mass is 9.96. The molecule has 2 N–H and O–H groups in total. The lowest BCUT2D eigenvalue weighted by Crippen LogP contribution is -2.07. The monoisotopic (exact) mass is 307 g/mol. The molecule has 96 valence electrons. The first-order chi connectivity index (χ1) is 8.54. The molecule has 0 aliphatic rings.